The van der Waals surface area contributed by atoms with Crippen LogP contribution in [0.25, 0.3) is 0 Å². The molecule has 2 unspecified atom stereocenters. The molecule has 5 aliphatic rings. The molecule has 12 atom stereocenters. The van der Waals surface area contributed by atoms with E-state index in [1.807, 2.05) is 6.92 Å². The quantitative estimate of drug-likeness (QED) is 0.284. The second-order valence-electron chi connectivity index (χ2n) is 14.9. The zero-order chi connectivity index (χ0) is 27.2. The third kappa shape index (κ3) is 3.50. The van der Waals surface area contributed by atoms with Crippen LogP contribution in [-0.2, 0) is 4.74 Å². The molecule has 210 valence electrons. The molecule has 6 heteroatoms. The van der Waals surface area contributed by atoms with Crippen LogP contribution in [0.15, 0.2) is 11.6 Å². The molecule has 5 rings (SSSR count). The molecule has 4 saturated carbocycles. The standard InChI is InChI=1S/C31H50O6/c1-18-9-12-31(17-37-26(35)36)14-13-29(5)20(24(31)19(18)2)7-8-23-27(3)15-21(33)25(34)28(4,16-32)22(27)10-11-30(23,29)6/h7,18-19,21-25,32-34H,8-17H2,1-6H3,(H,35,36)/t18-,19+,21-,22?,23-,24+,25+,27+,28?,29-,30-,31-/m1/s1. The fourth-order valence-electron chi connectivity index (χ4n) is 11.2. The Morgan fingerprint density at radius 1 is 1.03 bits per heavy atom. The summed E-state index contributed by atoms with van der Waals surface area (Å²) in [5.74, 6) is 1.87. The first kappa shape index (κ1) is 27.5. The van der Waals surface area contributed by atoms with Crippen molar-refractivity contribution >= 4 is 6.16 Å². The van der Waals surface area contributed by atoms with E-state index in [0.717, 1.165) is 44.9 Å². The number of ether oxygens (including phenoxy) is 1. The molecule has 0 spiro atoms. The Kier molecular flexibility index (Phi) is 6.45. The van der Waals surface area contributed by atoms with Crippen molar-refractivity contribution in [3.8, 4) is 0 Å². The largest absolute Gasteiger partial charge is 0.505 e. The summed E-state index contributed by atoms with van der Waals surface area (Å²) in [7, 11) is 0. The summed E-state index contributed by atoms with van der Waals surface area (Å²) in [5, 5.41) is 41.8. The summed E-state index contributed by atoms with van der Waals surface area (Å²) in [6, 6.07) is 0. The Morgan fingerprint density at radius 3 is 2.38 bits per heavy atom. The minimum absolute atomic E-state index is 0.0107. The molecule has 0 saturated heterocycles. The van der Waals surface area contributed by atoms with Gasteiger partial charge in [0.25, 0.3) is 0 Å². The molecule has 4 fully saturated rings. The maximum atomic E-state index is 11.4. The molecule has 0 aromatic carbocycles. The summed E-state index contributed by atoms with van der Waals surface area (Å²) in [6.07, 6.45) is 7.24. The molecule has 0 bridgehead atoms. The van der Waals surface area contributed by atoms with Crippen LogP contribution < -0.4 is 0 Å². The smallest absolute Gasteiger partial charge is 0.450 e. The average molecular weight is 519 g/mol. The Bertz CT molecular complexity index is 963. The number of hydrogen-bond donors (Lipinski definition) is 4. The third-order valence-electron chi connectivity index (χ3n) is 13.7. The Morgan fingerprint density at radius 2 is 1.73 bits per heavy atom. The maximum absolute atomic E-state index is 11.4. The van der Waals surface area contributed by atoms with Crippen molar-refractivity contribution in [3.05, 3.63) is 11.6 Å². The highest BCUT2D eigenvalue weighted by atomic mass is 16.7. The van der Waals surface area contributed by atoms with Crippen molar-refractivity contribution in [1.29, 1.82) is 0 Å². The van der Waals surface area contributed by atoms with Gasteiger partial charge in [-0.3, -0.25) is 0 Å². The summed E-state index contributed by atoms with van der Waals surface area (Å²) in [6.45, 7) is 14.1. The monoisotopic (exact) mass is 518 g/mol. The molecule has 0 amide bonds. The van der Waals surface area contributed by atoms with Gasteiger partial charge in [-0.25, -0.2) is 4.79 Å². The van der Waals surface area contributed by atoms with Crippen LogP contribution in [0, 0.1) is 56.7 Å². The van der Waals surface area contributed by atoms with Gasteiger partial charge in [-0.05, 0) is 97.2 Å². The third-order valence-corrected chi connectivity index (χ3v) is 13.7. The van der Waals surface area contributed by atoms with Crippen molar-refractivity contribution < 1.29 is 30.0 Å². The van der Waals surface area contributed by atoms with Crippen LogP contribution in [0.3, 0.4) is 0 Å². The van der Waals surface area contributed by atoms with Gasteiger partial charge in [-0.15, -0.1) is 0 Å². The summed E-state index contributed by atoms with van der Waals surface area (Å²) >= 11 is 0. The molecule has 37 heavy (non-hydrogen) atoms. The Hall–Kier alpha value is -1.11. The number of carbonyl (C=O) groups is 1. The van der Waals surface area contributed by atoms with Crippen LogP contribution in [-0.4, -0.2) is 52.0 Å². The van der Waals surface area contributed by atoms with E-state index in [9.17, 15) is 25.2 Å². The fourth-order valence-corrected chi connectivity index (χ4v) is 11.2. The van der Waals surface area contributed by atoms with Gasteiger partial charge in [0.1, 0.15) is 6.61 Å². The molecule has 6 nitrogen and oxygen atoms in total. The lowest BCUT2D eigenvalue weighted by Crippen LogP contribution is -2.68. The van der Waals surface area contributed by atoms with Crippen molar-refractivity contribution in [2.75, 3.05) is 13.2 Å². The van der Waals surface area contributed by atoms with Crippen LogP contribution >= 0.6 is 0 Å². The van der Waals surface area contributed by atoms with E-state index in [-0.39, 0.29) is 40.8 Å². The molecule has 0 aromatic rings. The summed E-state index contributed by atoms with van der Waals surface area (Å²) in [5.41, 5.74) is 0.543. The Balaban J connectivity index is 1.58. The van der Waals surface area contributed by atoms with Gasteiger partial charge in [-0.2, -0.15) is 0 Å². The number of carboxylic acid groups (broad SMARTS) is 1. The van der Waals surface area contributed by atoms with E-state index in [1.54, 1.807) is 0 Å². The van der Waals surface area contributed by atoms with Crippen molar-refractivity contribution in [1.82, 2.24) is 0 Å². The van der Waals surface area contributed by atoms with Crippen molar-refractivity contribution in [2.45, 2.75) is 105 Å². The van der Waals surface area contributed by atoms with Crippen LogP contribution in [0.2, 0.25) is 0 Å². The number of rotatable bonds is 3. The minimum Gasteiger partial charge on any atom is -0.450 e. The fraction of sp³-hybridized carbons (Fsp3) is 0.903. The maximum Gasteiger partial charge on any atom is 0.505 e. The second kappa shape index (κ2) is 8.69. The van der Waals surface area contributed by atoms with Gasteiger partial charge in [0.05, 0.1) is 18.8 Å². The first-order chi connectivity index (χ1) is 17.2. The Labute approximate surface area is 222 Å². The highest BCUT2D eigenvalue weighted by molar-refractivity contribution is 5.56. The number of fused-ring (bicyclic) bond motifs is 7. The van der Waals surface area contributed by atoms with Crippen LogP contribution in [0.4, 0.5) is 4.79 Å². The van der Waals surface area contributed by atoms with E-state index in [1.165, 1.54) is 5.57 Å². The number of allylic oxidation sites excluding steroid dienone is 2. The molecule has 0 aromatic heterocycles. The molecule has 4 N–H and O–H groups in total. The molecule has 0 heterocycles. The van der Waals surface area contributed by atoms with Gasteiger partial charge in [0.15, 0.2) is 0 Å². The first-order valence-electron chi connectivity index (χ1n) is 14.7. The SMILES string of the molecule is C[C@H]1[C@H](C)CC[C@]2(COC(=O)O)CC[C@]3(C)C(=CC[C@@H]4[C@@]5(C)C[C@@H](O)[C@H](O)C(C)(CO)C5CC[C@]43C)[C@H]12. The summed E-state index contributed by atoms with van der Waals surface area (Å²) < 4.78 is 5.33. The van der Waals surface area contributed by atoms with Gasteiger partial charge < -0.3 is 25.2 Å². The zero-order valence-corrected chi connectivity index (χ0v) is 23.8. The predicted molar refractivity (Wildman–Crippen MR) is 142 cm³/mol. The average Bonchev–Trinajstić information content (AvgIpc) is 2.84. The lowest BCUT2D eigenvalue weighted by molar-refractivity contribution is -0.244. The lowest BCUT2D eigenvalue weighted by atomic mass is 9.33. The number of hydrogen-bond acceptors (Lipinski definition) is 5. The van der Waals surface area contributed by atoms with Gasteiger partial charge in [0, 0.05) is 10.8 Å². The molecule has 0 radical (unpaired) electrons. The van der Waals surface area contributed by atoms with Gasteiger partial charge >= 0.3 is 6.16 Å². The van der Waals surface area contributed by atoms with Gasteiger partial charge in [-0.1, -0.05) is 53.2 Å². The van der Waals surface area contributed by atoms with E-state index < -0.39 is 23.8 Å². The van der Waals surface area contributed by atoms with Crippen molar-refractivity contribution in [2.24, 2.45) is 56.7 Å². The van der Waals surface area contributed by atoms with E-state index in [0.29, 0.717) is 30.1 Å². The van der Waals surface area contributed by atoms with Crippen molar-refractivity contribution in [3.63, 3.8) is 0 Å². The lowest BCUT2D eigenvalue weighted by Gasteiger charge is -2.72. The van der Waals surface area contributed by atoms with E-state index >= 15 is 0 Å². The highest BCUT2D eigenvalue weighted by Crippen LogP contribution is 2.75. The predicted octanol–water partition coefficient (Wildman–Crippen LogP) is 5.64. The number of aliphatic hydroxyl groups is 3. The minimum atomic E-state index is -1.17. The normalized spacial score (nSPS) is 55.2. The first-order valence-corrected chi connectivity index (χ1v) is 14.7. The van der Waals surface area contributed by atoms with E-state index in [4.69, 9.17) is 4.74 Å². The zero-order valence-electron chi connectivity index (χ0n) is 23.8. The number of aliphatic hydroxyl groups excluding tert-OH is 3. The van der Waals surface area contributed by atoms with E-state index in [2.05, 4.69) is 40.7 Å². The van der Waals surface area contributed by atoms with Crippen LogP contribution in [0.1, 0.15) is 92.9 Å². The molecular weight excluding hydrogens is 468 g/mol. The molecule has 0 aliphatic heterocycles. The highest BCUT2D eigenvalue weighted by Gasteiger charge is 2.70. The van der Waals surface area contributed by atoms with Crippen LogP contribution in [0.5, 0.6) is 0 Å². The summed E-state index contributed by atoms with van der Waals surface area (Å²) in [4.78, 5) is 11.4. The second-order valence-corrected chi connectivity index (χ2v) is 14.9. The van der Waals surface area contributed by atoms with Gasteiger partial charge in [0.2, 0.25) is 0 Å². The molecule has 5 aliphatic carbocycles. The molecular formula is C31H50O6. The topological polar surface area (TPSA) is 107 Å².